The van der Waals surface area contributed by atoms with Crippen LogP contribution in [0, 0.1) is 0 Å². The Morgan fingerprint density at radius 1 is 0.931 bits per heavy atom. The molecular weight excluding hydrogens is 378 g/mol. The molecule has 0 bridgehead atoms. The SMILES string of the molecule is COC(=O)c1ccc(NC(=O)COC(=O)/C=C/c2ccc(OC)c(OC)c2)cc1. The minimum absolute atomic E-state index is 0.359. The van der Waals surface area contributed by atoms with Crippen molar-refractivity contribution in [3.63, 3.8) is 0 Å². The Morgan fingerprint density at radius 3 is 2.24 bits per heavy atom. The molecule has 1 N–H and O–H groups in total. The number of benzene rings is 2. The largest absolute Gasteiger partial charge is 0.493 e. The molecule has 0 spiro atoms. The van der Waals surface area contributed by atoms with Gasteiger partial charge in [0.1, 0.15) is 0 Å². The third kappa shape index (κ3) is 6.39. The highest BCUT2D eigenvalue weighted by Gasteiger charge is 2.08. The van der Waals surface area contributed by atoms with Gasteiger partial charge in [-0.15, -0.1) is 0 Å². The summed E-state index contributed by atoms with van der Waals surface area (Å²) in [6, 6.07) is 11.3. The molecule has 0 aliphatic heterocycles. The van der Waals surface area contributed by atoms with Crippen LogP contribution in [0.25, 0.3) is 6.08 Å². The van der Waals surface area contributed by atoms with Crippen LogP contribution in [0.2, 0.25) is 0 Å². The molecule has 0 aromatic heterocycles. The predicted octanol–water partition coefficient (Wildman–Crippen LogP) is 2.69. The first-order valence-electron chi connectivity index (χ1n) is 8.52. The average molecular weight is 399 g/mol. The third-order valence-corrected chi connectivity index (χ3v) is 3.75. The van der Waals surface area contributed by atoms with Gasteiger partial charge in [0, 0.05) is 11.8 Å². The van der Waals surface area contributed by atoms with Crippen molar-refractivity contribution in [1.29, 1.82) is 0 Å². The molecule has 0 saturated heterocycles. The van der Waals surface area contributed by atoms with E-state index >= 15 is 0 Å². The summed E-state index contributed by atoms with van der Waals surface area (Å²) in [7, 11) is 4.33. The van der Waals surface area contributed by atoms with E-state index in [-0.39, 0.29) is 0 Å². The molecule has 0 radical (unpaired) electrons. The van der Waals surface area contributed by atoms with E-state index in [0.29, 0.717) is 28.3 Å². The number of carbonyl (C=O) groups excluding carboxylic acids is 3. The molecule has 8 nitrogen and oxygen atoms in total. The van der Waals surface area contributed by atoms with Gasteiger partial charge in [0.05, 0.1) is 26.9 Å². The smallest absolute Gasteiger partial charge is 0.337 e. The van der Waals surface area contributed by atoms with Crippen LogP contribution < -0.4 is 14.8 Å². The van der Waals surface area contributed by atoms with Gasteiger partial charge < -0.3 is 24.3 Å². The number of anilines is 1. The molecule has 2 aromatic carbocycles. The first-order chi connectivity index (χ1) is 14.0. The summed E-state index contributed by atoms with van der Waals surface area (Å²) in [5.41, 5.74) is 1.52. The van der Waals surface area contributed by atoms with Crippen molar-refractivity contribution in [2.45, 2.75) is 0 Å². The van der Waals surface area contributed by atoms with Crippen molar-refractivity contribution in [1.82, 2.24) is 0 Å². The van der Waals surface area contributed by atoms with Gasteiger partial charge in [0.25, 0.3) is 5.91 Å². The number of rotatable bonds is 8. The lowest BCUT2D eigenvalue weighted by atomic mass is 10.2. The van der Waals surface area contributed by atoms with Gasteiger partial charge in [-0.2, -0.15) is 0 Å². The molecule has 0 atom stereocenters. The lowest BCUT2D eigenvalue weighted by molar-refractivity contribution is -0.142. The zero-order valence-electron chi connectivity index (χ0n) is 16.3. The van der Waals surface area contributed by atoms with E-state index in [2.05, 4.69) is 10.1 Å². The van der Waals surface area contributed by atoms with Crippen LogP contribution in [0.5, 0.6) is 11.5 Å². The second-order valence-corrected chi connectivity index (χ2v) is 5.67. The molecule has 2 aromatic rings. The van der Waals surface area contributed by atoms with Crippen LogP contribution in [0.3, 0.4) is 0 Å². The van der Waals surface area contributed by atoms with E-state index in [4.69, 9.17) is 14.2 Å². The second kappa shape index (κ2) is 10.5. The summed E-state index contributed by atoms with van der Waals surface area (Å²) in [5, 5.41) is 2.56. The van der Waals surface area contributed by atoms with Gasteiger partial charge in [0.2, 0.25) is 0 Å². The highest BCUT2D eigenvalue weighted by molar-refractivity contribution is 5.95. The standard InChI is InChI=1S/C21H21NO7/c1-26-17-10-4-14(12-18(17)27-2)5-11-20(24)29-13-19(23)22-16-8-6-15(7-9-16)21(25)28-3/h4-12H,13H2,1-3H3,(H,22,23)/b11-5+. The summed E-state index contributed by atoms with van der Waals surface area (Å²) in [4.78, 5) is 35.1. The Kier molecular flexibility index (Phi) is 7.78. The van der Waals surface area contributed by atoms with Crippen LogP contribution in [-0.2, 0) is 19.1 Å². The maximum absolute atomic E-state index is 11.9. The number of carbonyl (C=O) groups is 3. The predicted molar refractivity (Wildman–Crippen MR) is 106 cm³/mol. The molecule has 2 rings (SSSR count). The highest BCUT2D eigenvalue weighted by atomic mass is 16.5. The molecule has 0 fully saturated rings. The van der Waals surface area contributed by atoms with E-state index in [1.165, 1.54) is 45.6 Å². The van der Waals surface area contributed by atoms with Crippen molar-refractivity contribution in [3.05, 3.63) is 59.7 Å². The fraction of sp³-hybridized carbons (Fsp3) is 0.190. The quantitative estimate of drug-likeness (QED) is 0.538. The summed E-state index contributed by atoms with van der Waals surface area (Å²) in [6.45, 7) is -0.451. The van der Waals surface area contributed by atoms with Crippen molar-refractivity contribution in [2.24, 2.45) is 0 Å². The Labute approximate surface area is 168 Å². The average Bonchev–Trinajstić information content (AvgIpc) is 2.75. The van der Waals surface area contributed by atoms with E-state index < -0.39 is 24.5 Å². The number of esters is 2. The summed E-state index contributed by atoms with van der Waals surface area (Å²) in [6.07, 6.45) is 2.74. The van der Waals surface area contributed by atoms with Crippen molar-refractivity contribution in [3.8, 4) is 11.5 Å². The maximum Gasteiger partial charge on any atom is 0.337 e. The molecule has 1 amide bonds. The van der Waals surface area contributed by atoms with Crippen LogP contribution in [0.15, 0.2) is 48.5 Å². The number of methoxy groups -OCH3 is 3. The summed E-state index contributed by atoms with van der Waals surface area (Å²) >= 11 is 0. The monoisotopic (exact) mass is 399 g/mol. The number of hydrogen-bond acceptors (Lipinski definition) is 7. The highest BCUT2D eigenvalue weighted by Crippen LogP contribution is 2.27. The first kappa shape index (κ1) is 21.5. The minimum Gasteiger partial charge on any atom is -0.493 e. The Hall–Kier alpha value is -3.81. The minimum atomic E-state index is -0.670. The third-order valence-electron chi connectivity index (χ3n) is 3.75. The van der Waals surface area contributed by atoms with E-state index in [1.807, 2.05) is 0 Å². The second-order valence-electron chi connectivity index (χ2n) is 5.67. The van der Waals surface area contributed by atoms with Gasteiger partial charge in [-0.1, -0.05) is 6.07 Å². The fourth-order valence-electron chi connectivity index (χ4n) is 2.31. The van der Waals surface area contributed by atoms with Crippen LogP contribution in [0.4, 0.5) is 5.69 Å². The molecule has 0 heterocycles. The van der Waals surface area contributed by atoms with Gasteiger partial charge in [-0.3, -0.25) is 4.79 Å². The Balaban J connectivity index is 1.84. The summed E-state index contributed by atoms with van der Waals surface area (Å²) in [5.74, 6) is -0.554. The topological polar surface area (TPSA) is 100 Å². The lowest BCUT2D eigenvalue weighted by Gasteiger charge is -2.07. The van der Waals surface area contributed by atoms with Gasteiger partial charge in [0.15, 0.2) is 18.1 Å². The number of nitrogens with one attached hydrogen (secondary N) is 1. The molecule has 0 aliphatic rings. The summed E-state index contributed by atoms with van der Waals surface area (Å²) < 4.78 is 19.8. The number of ether oxygens (including phenoxy) is 4. The van der Waals surface area contributed by atoms with E-state index in [0.717, 1.165) is 0 Å². The molecule has 152 valence electrons. The van der Waals surface area contributed by atoms with Crippen LogP contribution in [-0.4, -0.2) is 45.8 Å². The number of hydrogen-bond donors (Lipinski definition) is 1. The Morgan fingerprint density at radius 2 is 1.62 bits per heavy atom. The van der Waals surface area contributed by atoms with Gasteiger partial charge in [-0.05, 0) is 48.0 Å². The lowest BCUT2D eigenvalue weighted by Crippen LogP contribution is -2.20. The van der Waals surface area contributed by atoms with Crippen molar-refractivity contribution in [2.75, 3.05) is 33.3 Å². The number of amides is 1. The normalized spacial score (nSPS) is 10.3. The van der Waals surface area contributed by atoms with Crippen molar-refractivity contribution >= 4 is 29.6 Å². The van der Waals surface area contributed by atoms with Gasteiger partial charge >= 0.3 is 11.9 Å². The Bertz CT molecular complexity index is 904. The van der Waals surface area contributed by atoms with E-state index in [1.54, 1.807) is 30.3 Å². The molecule has 29 heavy (non-hydrogen) atoms. The molecule has 0 aliphatic carbocycles. The van der Waals surface area contributed by atoms with E-state index in [9.17, 15) is 14.4 Å². The van der Waals surface area contributed by atoms with Crippen LogP contribution in [0.1, 0.15) is 15.9 Å². The first-order valence-corrected chi connectivity index (χ1v) is 8.52. The zero-order valence-corrected chi connectivity index (χ0v) is 16.3. The molecule has 0 unspecified atom stereocenters. The zero-order chi connectivity index (χ0) is 21.2. The van der Waals surface area contributed by atoms with Crippen LogP contribution >= 0.6 is 0 Å². The fourth-order valence-corrected chi connectivity index (χ4v) is 2.31. The van der Waals surface area contributed by atoms with Crippen molar-refractivity contribution < 1.29 is 33.3 Å². The van der Waals surface area contributed by atoms with Gasteiger partial charge in [-0.25, -0.2) is 9.59 Å². The molecular formula is C21H21NO7. The maximum atomic E-state index is 11.9. The molecule has 8 heteroatoms. The molecule has 0 saturated carbocycles.